The molecule has 1 unspecified atom stereocenters. The summed E-state index contributed by atoms with van der Waals surface area (Å²) in [5.74, 6) is -0.811. The first-order valence-electron chi connectivity index (χ1n) is 12.1. The summed E-state index contributed by atoms with van der Waals surface area (Å²) in [6.45, 7) is 3.05. The number of fused-ring (bicyclic) bond motifs is 4. The zero-order chi connectivity index (χ0) is 23.9. The predicted molar refractivity (Wildman–Crippen MR) is 126 cm³/mol. The van der Waals surface area contributed by atoms with E-state index in [2.05, 4.69) is 29.6 Å². The normalized spacial score (nSPS) is 23.0. The van der Waals surface area contributed by atoms with Crippen LogP contribution in [0.5, 0.6) is 0 Å². The van der Waals surface area contributed by atoms with Gasteiger partial charge in [0.15, 0.2) is 0 Å². The number of carboxylic acid groups (broad SMARTS) is 1. The lowest BCUT2D eigenvalue weighted by atomic mass is 9.73. The molecule has 2 heterocycles. The Hall–Kier alpha value is -3.35. The average Bonchev–Trinajstić information content (AvgIpc) is 3.49. The molecule has 2 amide bonds. The highest BCUT2D eigenvalue weighted by atomic mass is 16.5. The molecule has 1 saturated carbocycles. The van der Waals surface area contributed by atoms with Crippen LogP contribution in [-0.2, 0) is 14.3 Å². The van der Waals surface area contributed by atoms with Crippen LogP contribution in [0, 0.1) is 11.8 Å². The monoisotopic (exact) mass is 462 g/mol. The van der Waals surface area contributed by atoms with Crippen molar-refractivity contribution in [1.82, 2.24) is 10.2 Å². The Labute approximate surface area is 199 Å². The second kappa shape index (κ2) is 8.78. The van der Waals surface area contributed by atoms with Gasteiger partial charge < -0.3 is 20.1 Å². The number of aliphatic carboxylic acids is 1. The van der Waals surface area contributed by atoms with Gasteiger partial charge in [0.05, 0.1) is 0 Å². The molecule has 7 nitrogen and oxygen atoms in total. The van der Waals surface area contributed by atoms with Crippen molar-refractivity contribution in [3.05, 3.63) is 59.7 Å². The molecule has 2 aliphatic heterocycles. The van der Waals surface area contributed by atoms with Crippen LogP contribution in [0.2, 0.25) is 0 Å². The lowest BCUT2D eigenvalue weighted by molar-refractivity contribution is -0.158. The number of ether oxygens (including phenoxy) is 1. The van der Waals surface area contributed by atoms with Crippen molar-refractivity contribution in [3.8, 4) is 11.1 Å². The maximum absolute atomic E-state index is 12.9. The number of hydrogen-bond acceptors (Lipinski definition) is 4. The summed E-state index contributed by atoms with van der Waals surface area (Å²) in [5.41, 5.74) is 3.67. The zero-order valence-corrected chi connectivity index (χ0v) is 19.3. The number of amides is 2. The van der Waals surface area contributed by atoms with Crippen LogP contribution >= 0.6 is 0 Å². The Morgan fingerprint density at radius 1 is 1.09 bits per heavy atom. The lowest BCUT2D eigenvalue weighted by Gasteiger charge is -2.38. The number of nitrogens with one attached hydrogen (secondary N) is 1. The molecule has 178 valence electrons. The van der Waals surface area contributed by atoms with Gasteiger partial charge in [-0.1, -0.05) is 61.9 Å². The maximum atomic E-state index is 12.9. The van der Waals surface area contributed by atoms with E-state index in [1.54, 1.807) is 4.90 Å². The van der Waals surface area contributed by atoms with Crippen molar-refractivity contribution in [3.63, 3.8) is 0 Å². The summed E-state index contributed by atoms with van der Waals surface area (Å²) in [4.78, 5) is 38.6. The SMILES string of the molecule is CCC(CNC(=O)OCC1c2ccccc2-c2ccccc21)CC(=O)N1CC2CC1(C(=O)O)C2. The first-order chi connectivity index (χ1) is 16.4. The zero-order valence-electron chi connectivity index (χ0n) is 19.3. The van der Waals surface area contributed by atoms with Gasteiger partial charge in [-0.2, -0.15) is 0 Å². The van der Waals surface area contributed by atoms with E-state index >= 15 is 0 Å². The third-order valence-electron chi connectivity index (χ3n) is 7.83. The summed E-state index contributed by atoms with van der Waals surface area (Å²) < 4.78 is 5.59. The van der Waals surface area contributed by atoms with Gasteiger partial charge in [-0.15, -0.1) is 0 Å². The van der Waals surface area contributed by atoms with Crippen molar-refractivity contribution in [2.24, 2.45) is 11.8 Å². The fourth-order valence-electron chi connectivity index (χ4n) is 5.90. The molecule has 2 saturated heterocycles. The van der Waals surface area contributed by atoms with Crippen molar-refractivity contribution in [2.75, 3.05) is 19.7 Å². The number of alkyl carbamates (subject to hydrolysis) is 1. The van der Waals surface area contributed by atoms with Gasteiger partial charge in [0.2, 0.25) is 5.91 Å². The van der Waals surface area contributed by atoms with E-state index < -0.39 is 17.6 Å². The Bertz CT molecular complexity index is 1080. The van der Waals surface area contributed by atoms with E-state index in [0.29, 0.717) is 38.3 Å². The molecule has 0 radical (unpaired) electrons. The highest BCUT2D eigenvalue weighted by Crippen LogP contribution is 2.51. The summed E-state index contributed by atoms with van der Waals surface area (Å²) in [5, 5.41) is 12.4. The highest BCUT2D eigenvalue weighted by molar-refractivity contribution is 5.89. The largest absolute Gasteiger partial charge is 0.479 e. The van der Waals surface area contributed by atoms with Gasteiger partial charge in [0.1, 0.15) is 12.1 Å². The van der Waals surface area contributed by atoms with Crippen LogP contribution in [0.1, 0.15) is 49.7 Å². The first-order valence-corrected chi connectivity index (χ1v) is 12.1. The summed E-state index contributed by atoms with van der Waals surface area (Å²) in [6.07, 6.45) is 1.54. The van der Waals surface area contributed by atoms with E-state index in [-0.39, 0.29) is 30.8 Å². The van der Waals surface area contributed by atoms with Crippen molar-refractivity contribution < 1.29 is 24.2 Å². The summed E-state index contributed by atoms with van der Waals surface area (Å²) in [7, 11) is 0. The molecule has 3 fully saturated rings. The van der Waals surface area contributed by atoms with Crippen molar-refractivity contribution >= 4 is 18.0 Å². The summed E-state index contributed by atoms with van der Waals surface area (Å²) in [6, 6.07) is 16.4. The topological polar surface area (TPSA) is 95.9 Å². The van der Waals surface area contributed by atoms with Gasteiger partial charge in [-0.05, 0) is 46.9 Å². The van der Waals surface area contributed by atoms with Crippen LogP contribution in [0.4, 0.5) is 4.79 Å². The van der Waals surface area contributed by atoms with Crippen LogP contribution in [0.3, 0.4) is 0 Å². The third kappa shape index (κ3) is 3.73. The molecule has 2 aromatic carbocycles. The molecule has 7 heteroatoms. The fraction of sp³-hybridized carbons (Fsp3) is 0.444. The van der Waals surface area contributed by atoms with E-state index in [1.807, 2.05) is 31.2 Å². The minimum atomic E-state index is -1.000. The van der Waals surface area contributed by atoms with Gasteiger partial charge >= 0.3 is 12.1 Å². The second-order valence-corrected chi connectivity index (χ2v) is 9.80. The molecule has 4 aliphatic rings. The number of carbonyl (C=O) groups is 3. The molecule has 6 rings (SSSR count). The molecule has 2 aliphatic carbocycles. The van der Waals surface area contributed by atoms with E-state index in [9.17, 15) is 19.5 Å². The number of nitrogens with zero attached hydrogens (tertiary/aromatic N) is 1. The predicted octanol–water partition coefficient (Wildman–Crippen LogP) is 4.02. The Morgan fingerprint density at radius 3 is 2.29 bits per heavy atom. The van der Waals surface area contributed by atoms with Gasteiger partial charge in [0.25, 0.3) is 0 Å². The quantitative estimate of drug-likeness (QED) is 0.618. The van der Waals surface area contributed by atoms with Crippen LogP contribution in [0.25, 0.3) is 11.1 Å². The Kier molecular flexibility index (Phi) is 5.80. The number of hydrogen-bond donors (Lipinski definition) is 2. The van der Waals surface area contributed by atoms with Crippen LogP contribution in [0.15, 0.2) is 48.5 Å². The van der Waals surface area contributed by atoms with Gasteiger partial charge in [-0.25, -0.2) is 9.59 Å². The number of rotatable bonds is 8. The molecule has 1 atom stereocenters. The van der Waals surface area contributed by atoms with Gasteiger partial charge in [-0.3, -0.25) is 4.79 Å². The maximum Gasteiger partial charge on any atom is 0.407 e. The minimum absolute atomic E-state index is 0.00411. The third-order valence-corrected chi connectivity index (χ3v) is 7.83. The second-order valence-electron chi connectivity index (χ2n) is 9.80. The van der Waals surface area contributed by atoms with Crippen LogP contribution < -0.4 is 5.32 Å². The first kappa shape index (κ1) is 22.4. The summed E-state index contributed by atoms with van der Waals surface area (Å²) >= 11 is 0. The lowest BCUT2D eigenvalue weighted by Crippen LogP contribution is -2.54. The van der Waals surface area contributed by atoms with E-state index in [4.69, 9.17) is 4.74 Å². The van der Waals surface area contributed by atoms with Crippen molar-refractivity contribution in [2.45, 2.75) is 44.1 Å². The molecule has 0 spiro atoms. The molecular formula is C27H30N2O5. The minimum Gasteiger partial charge on any atom is -0.479 e. The highest BCUT2D eigenvalue weighted by Gasteiger charge is 2.62. The molecule has 0 aromatic heterocycles. The van der Waals surface area contributed by atoms with Crippen molar-refractivity contribution in [1.29, 1.82) is 0 Å². The number of carboxylic acids is 1. The van der Waals surface area contributed by atoms with Crippen LogP contribution in [-0.4, -0.2) is 53.2 Å². The Balaban J connectivity index is 1.14. The van der Waals surface area contributed by atoms with E-state index in [1.165, 1.54) is 11.1 Å². The molecule has 34 heavy (non-hydrogen) atoms. The standard InChI is InChI=1S/C27H30N2O5/c1-2-17(11-24(30)29-15-18-12-27(29,13-18)25(31)32)14-28-26(33)34-16-23-21-9-5-3-7-19(21)20-8-4-6-10-22(20)23/h3-10,17-18,23H,2,11-16H2,1H3,(H,28,33)(H,31,32). The number of carbonyl (C=O) groups excluding carboxylic acids is 2. The molecule has 2 bridgehead atoms. The van der Waals surface area contributed by atoms with E-state index in [0.717, 1.165) is 11.1 Å². The Morgan fingerprint density at radius 2 is 1.71 bits per heavy atom. The smallest absolute Gasteiger partial charge is 0.407 e. The fourth-order valence-corrected chi connectivity index (χ4v) is 5.90. The molecule has 2 aromatic rings. The van der Waals surface area contributed by atoms with Gasteiger partial charge in [0, 0.05) is 25.4 Å². The molecule has 2 N–H and O–H groups in total. The number of benzene rings is 2. The average molecular weight is 463 g/mol. The molecular weight excluding hydrogens is 432 g/mol.